The summed E-state index contributed by atoms with van der Waals surface area (Å²) in [6.45, 7) is 0.489. The minimum atomic E-state index is -3.83. The van der Waals surface area contributed by atoms with Crippen LogP contribution in [0.25, 0.3) is 0 Å². The van der Waals surface area contributed by atoms with Gasteiger partial charge in [0.25, 0.3) is 15.9 Å². The topological polar surface area (TPSA) is 66.5 Å². The van der Waals surface area contributed by atoms with Crippen LogP contribution in [0.2, 0.25) is 0 Å². The molecule has 0 aliphatic carbocycles. The number of anilines is 1. The van der Waals surface area contributed by atoms with Gasteiger partial charge in [-0.1, -0.05) is 6.07 Å². The van der Waals surface area contributed by atoms with Crippen molar-refractivity contribution in [3.05, 3.63) is 82.3 Å². The second-order valence-corrected chi connectivity index (χ2v) is 8.59. The smallest absolute Gasteiger partial charge is 0.261 e. The van der Waals surface area contributed by atoms with Gasteiger partial charge in [0.2, 0.25) is 0 Å². The third-order valence-electron chi connectivity index (χ3n) is 3.83. The van der Waals surface area contributed by atoms with Crippen molar-refractivity contribution in [2.24, 2.45) is 0 Å². The van der Waals surface area contributed by atoms with Crippen LogP contribution in [0.4, 0.5) is 10.1 Å². The molecular formula is C19H17FN2O3S2. The predicted molar refractivity (Wildman–Crippen MR) is 104 cm³/mol. The molecule has 0 aliphatic rings. The Morgan fingerprint density at radius 2 is 1.74 bits per heavy atom. The Labute approximate surface area is 161 Å². The summed E-state index contributed by atoms with van der Waals surface area (Å²) >= 11 is 1.57. The number of halogens is 1. The molecular weight excluding hydrogens is 387 g/mol. The van der Waals surface area contributed by atoms with Gasteiger partial charge in [-0.05, 0) is 60.0 Å². The maximum absolute atomic E-state index is 12.9. The lowest BCUT2D eigenvalue weighted by atomic mass is 10.2. The molecule has 1 N–H and O–H groups in total. The number of amides is 1. The number of carbonyl (C=O) groups excluding carboxylic acids is 1. The van der Waals surface area contributed by atoms with Crippen molar-refractivity contribution in [1.82, 2.24) is 4.90 Å². The monoisotopic (exact) mass is 404 g/mol. The molecule has 5 nitrogen and oxygen atoms in total. The number of sulfonamides is 1. The molecule has 0 atom stereocenters. The number of carbonyl (C=O) groups is 1. The van der Waals surface area contributed by atoms with E-state index in [0.29, 0.717) is 12.1 Å². The van der Waals surface area contributed by atoms with E-state index in [1.54, 1.807) is 23.3 Å². The first-order valence-electron chi connectivity index (χ1n) is 8.01. The van der Waals surface area contributed by atoms with Gasteiger partial charge in [0, 0.05) is 23.2 Å². The number of rotatable bonds is 6. The fourth-order valence-corrected chi connectivity index (χ4v) is 4.25. The quantitative estimate of drug-likeness (QED) is 0.676. The minimum Gasteiger partial charge on any atom is -0.337 e. The molecule has 0 unspecified atom stereocenters. The molecule has 1 amide bonds. The lowest BCUT2D eigenvalue weighted by Crippen LogP contribution is -2.25. The summed E-state index contributed by atoms with van der Waals surface area (Å²) in [4.78, 5) is 15.1. The van der Waals surface area contributed by atoms with Crippen LogP contribution in [-0.4, -0.2) is 26.3 Å². The highest BCUT2D eigenvalue weighted by Crippen LogP contribution is 2.18. The molecule has 140 valence electrons. The van der Waals surface area contributed by atoms with Gasteiger partial charge < -0.3 is 4.90 Å². The summed E-state index contributed by atoms with van der Waals surface area (Å²) in [5.41, 5.74) is 0.655. The molecule has 1 heterocycles. The largest absolute Gasteiger partial charge is 0.337 e. The van der Waals surface area contributed by atoms with Crippen molar-refractivity contribution in [2.45, 2.75) is 11.4 Å². The first-order valence-corrected chi connectivity index (χ1v) is 10.4. The third-order valence-corrected chi connectivity index (χ3v) is 6.09. The Morgan fingerprint density at radius 3 is 2.33 bits per heavy atom. The van der Waals surface area contributed by atoms with Crippen LogP contribution in [0.3, 0.4) is 0 Å². The van der Waals surface area contributed by atoms with E-state index in [0.717, 1.165) is 4.88 Å². The van der Waals surface area contributed by atoms with E-state index in [9.17, 15) is 17.6 Å². The lowest BCUT2D eigenvalue weighted by Gasteiger charge is -2.16. The maximum Gasteiger partial charge on any atom is 0.261 e. The van der Waals surface area contributed by atoms with Crippen LogP contribution in [0, 0.1) is 5.82 Å². The molecule has 2 aromatic carbocycles. The van der Waals surface area contributed by atoms with Crippen molar-refractivity contribution in [2.75, 3.05) is 11.8 Å². The van der Waals surface area contributed by atoms with Crippen LogP contribution in [0.1, 0.15) is 15.2 Å². The standard InChI is InChI=1S/C19H17FN2O3S2/c1-22(13-17-3-2-12-26-17)19(23)14-4-10-18(11-5-14)27(24,25)21-16-8-6-15(20)7-9-16/h2-12,21H,13H2,1H3. The van der Waals surface area contributed by atoms with Gasteiger partial charge in [0.1, 0.15) is 5.82 Å². The van der Waals surface area contributed by atoms with Gasteiger partial charge in [0.15, 0.2) is 0 Å². The van der Waals surface area contributed by atoms with E-state index in [1.807, 2.05) is 17.5 Å². The third kappa shape index (κ3) is 4.72. The summed E-state index contributed by atoms with van der Waals surface area (Å²) in [5, 5.41) is 1.95. The average Bonchev–Trinajstić information content (AvgIpc) is 3.16. The molecule has 0 saturated carbocycles. The normalized spacial score (nSPS) is 11.2. The van der Waals surface area contributed by atoms with Gasteiger partial charge in [-0.3, -0.25) is 9.52 Å². The summed E-state index contributed by atoms with van der Waals surface area (Å²) < 4.78 is 40.1. The summed E-state index contributed by atoms with van der Waals surface area (Å²) in [7, 11) is -2.13. The molecule has 0 radical (unpaired) electrons. The first-order chi connectivity index (χ1) is 12.8. The zero-order chi connectivity index (χ0) is 19.4. The van der Waals surface area contributed by atoms with Crippen LogP contribution >= 0.6 is 11.3 Å². The highest BCUT2D eigenvalue weighted by Gasteiger charge is 2.17. The second kappa shape index (κ2) is 7.89. The SMILES string of the molecule is CN(Cc1cccs1)C(=O)c1ccc(S(=O)(=O)Nc2ccc(F)cc2)cc1. The lowest BCUT2D eigenvalue weighted by molar-refractivity contribution is 0.0786. The molecule has 0 saturated heterocycles. The van der Waals surface area contributed by atoms with Crippen molar-refractivity contribution in [3.63, 3.8) is 0 Å². The number of hydrogen-bond donors (Lipinski definition) is 1. The van der Waals surface area contributed by atoms with Gasteiger partial charge >= 0.3 is 0 Å². The molecule has 3 aromatic rings. The summed E-state index contributed by atoms with van der Waals surface area (Å²) in [5.74, 6) is -0.647. The zero-order valence-corrected chi connectivity index (χ0v) is 16.1. The fraction of sp³-hybridized carbons (Fsp3) is 0.105. The number of nitrogens with zero attached hydrogens (tertiary/aromatic N) is 1. The van der Waals surface area contributed by atoms with Gasteiger partial charge in [-0.15, -0.1) is 11.3 Å². The Morgan fingerprint density at radius 1 is 1.07 bits per heavy atom. The molecule has 0 bridgehead atoms. The highest BCUT2D eigenvalue weighted by atomic mass is 32.2. The second-order valence-electron chi connectivity index (χ2n) is 5.88. The Kier molecular flexibility index (Phi) is 5.57. The minimum absolute atomic E-state index is 0.0179. The van der Waals surface area contributed by atoms with E-state index in [2.05, 4.69) is 4.72 Å². The maximum atomic E-state index is 12.9. The van der Waals surface area contributed by atoms with Crippen molar-refractivity contribution in [3.8, 4) is 0 Å². The zero-order valence-electron chi connectivity index (χ0n) is 14.4. The molecule has 8 heteroatoms. The molecule has 0 aliphatic heterocycles. The summed E-state index contributed by atoms with van der Waals surface area (Å²) in [6, 6.07) is 14.6. The first kappa shape index (κ1) is 19.1. The van der Waals surface area contributed by atoms with Crippen LogP contribution in [0.15, 0.2) is 70.9 Å². The molecule has 0 fully saturated rings. The van der Waals surface area contributed by atoms with Crippen molar-refractivity contribution in [1.29, 1.82) is 0 Å². The van der Waals surface area contributed by atoms with E-state index in [-0.39, 0.29) is 16.5 Å². The molecule has 0 spiro atoms. The Hall–Kier alpha value is -2.71. The van der Waals surface area contributed by atoms with Crippen LogP contribution in [-0.2, 0) is 16.6 Å². The number of benzene rings is 2. The average molecular weight is 404 g/mol. The Bertz CT molecular complexity index is 1020. The van der Waals surface area contributed by atoms with E-state index in [1.165, 1.54) is 48.5 Å². The highest BCUT2D eigenvalue weighted by molar-refractivity contribution is 7.92. The van der Waals surface area contributed by atoms with E-state index < -0.39 is 15.8 Å². The van der Waals surface area contributed by atoms with Gasteiger partial charge in [0.05, 0.1) is 11.4 Å². The molecule has 1 aromatic heterocycles. The van der Waals surface area contributed by atoms with Crippen LogP contribution in [0.5, 0.6) is 0 Å². The van der Waals surface area contributed by atoms with E-state index >= 15 is 0 Å². The molecule has 27 heavy (non-hydrogen) atoms. The number of nitrogens with one attached hydrogen (secondary N) is 1. The Balaban J connectivity index is 1.71. The number of thiophene rings is 1. The number of hydrogen-bond acceptors (Lipinski definition) is 4. The molecule has 3 rings (SSSR count). The van der Waals surface area contributed by atoms with Gasteiger partial charge in [-0.25, -0.2) is 12.8 Å². The fourth-order valence-electron chi connectivity index (χ4n) is 2.44. The van der Waals surface area contributed by atoms with E-state index in [4.69, 9.17) is 0 Å². The van der Waals surface area contributed by atoms with Crippen molar-refractivity contribution >= 4 is 33.0 Å². The predicted octanol–water partition coefficient (Wildman–Crippen LogP) is 3.96. The van der Waals surface area contributed by atoms with Gasteiger partial charge in [-0.2, -0.15) is 0 Å². The summed E-state index contributed by atoms with van der Waals surface area (Å²) in [6.07, 6.45) is 0. The van der Waals surface area contributed by atoms with Crippen molar-refractivity contribution < 1.29 is 17.6 Å². The van der Waals surface area contributed by atoms with Crippen LogP contribution < -0.4 is 4.72 Å².